The van der Waals surface area contributed by atoms with Gasteiger partial charge < -0.3 is 21.3 Å². The molecular formula is C30H27ClFN7O4. The van der Waals surface area contributed by atoms with Gasteiger partial charge in [0.1, 0.15) is 18.4 Å². The van der Waals surface area contributed by atoms with Crippen LogP contribution in [0.15, 0.2) is 60.9 Å². The first-order chi connectivity index (χ1) is 20.7. The van der Waals surface area contributed by atoms with Gasteiger partial charge in [-0.05, 0) is 61.6 Å². The number of hydrogen-bond donors (Lipinski definition) is 3. The fourth-order valence-electron chi connectivity index (χ4n) is 6.13. The minimum absolute atomic E-state index is 0.0142. The molecule has 1 saturated carbocycles. The fourth-order valence-corrected chi connectivity index (χ4v) is 6.32. The van der Waals surface area contributed by atoms with Crippen molar-refractivity contribution in [1.29, 1.82) is 0 Å². The average molecular weight is 604 g/mol. The highest BCUT2D eigenvalue weighted by Crippen LogP contribution is 2.43. The summed E-state index contributed by atoms with van der Waals surface area (Å²) >= 11 is 5.87. The van der Waals surface area contributed by atoms with Crippen LogP contribution in [0.5, 0.6) is 0 Å². The highest BCUT2D eigenvalue weighted by Gasteiger charge is 2.51. The fraction of sp³-hybridized carbons (Fsp3) is 0.267. The first-order valence-electron chi connectivity index (χ1n) is 13.7. The maximum Gasteiger partial charge on any atom is 0.269 e. The number of halogens is 2. The quantitative estimate of drug-likeness (QED) is 0.281. The van der Waals surface area contributed by atoms with Crippen LogP contribution in [0.4, 0.5) is 10.1 Å². The summed E-state index contributed by atoms with van der Waals surface area (Å²) in [4.78, 5) is 57.4. The van der Waals surface area contributed by atoms with Gasteiger partial charge in [0.15, 0.2) is 5.69 Å². The van der Waals surface area contributed by atoms with Gasteiger partial charge in [-0.2, -0.15) is 5.10 Å². The normalized spacial score (nSPS) is 19.0. The van der Waals surface area contributed by atoms with E-state index in [1.807, 2.05) is 0 Å². The Hall–Kier alpha value is -4.84. The summed E-state index contributed by atoms with van der Waals surface area (Å²) in [7, 11) is 0. The number of piperidine rings is 1. The summed E-state index contributed by atoms with van der Waals surface area (Å²) in [5.41, 5.74) is 7.02. The van der Waals surface area contributed by atoms with E-state index in [4.69, 9.17) is 17.3 Å². The minimum atomic E-state index is -0.794. The number of likely N-dealkylation sites (tertiary alicyclic amines) is 1. The van der Waals surface area contributed by atoms with Crippen LogP contribution < -0.4 is 16.4 Å². The van der Waals surface area contributed by atoms with Crippen molar-refractivity contribution in [2.75, 3.05) is 5.32 Å². The third kappa shape index (κ3) is 5.41. The number of fused-ring (bicyclic) bond motifs is 3. The summed E-state index contributed by atoms with van der Waals surface area (Å²) in [6, 6.07) is 11.9. The molecule has 220 valence electrons. The maximum atomic E-state index is 14.4. The van der Waals surface area contributed by atoms with E-state index in [1.165, 1.54) is 16.9 Å². The van der Waals surface area contributed by atoms with Gasteiger partial charge in [-0.3, -0.25) is 28.8 Å². The Kier molecular flexibility index (Phi) is 7.53. The Morgan fingerprint density at radius 1 is 1.09 bits per heavy atom. The van der Waals surface area contributed by atoms with Crippen molar-refractivity contribution in [2.45, 2.75) is 44.4 Å². The molecule has 2 aromatic carbocycles. The smallest absolute Gasteiger partial charge is 0.269 e. The molecule has 4 N–H and O–H groups in total. The molecule has 2 aromatic heterocycles. The number of amides is 4. The number of nitrogens with two attached hydrogens (primary N) is 1. The lowest BCUT2D eigenvalue weighted by Crippen LogP contribution is -2.53. The van der Waals surface area contributed by atoms with Crippen molar-refractivity contribution in [3.8, 4) is 0 Å². The molecule has 2 bridgehead atoms. The molecule has 6 rings (SSSR count). The third-order valence-corrected chi connectivity index (χ3v) is 8.37. The van der Waals surface area contributed by atoms with Crippen molar-refractivity contribution in [2.24, 2.45) is 11.7 Å². The molecule has 0 unspecified atom stereocenters. The SMILES string of the molecule is NC(=O)c1nn(CC(=O)N2[C@H]3CC[C@@H](C3)[C@H]2C(=O)NCc2cccc(Cl)c2F)c2ccc(NC(=O)c3cccnc3)cc12. The topological polar surface area (TPSA) is 152 Å². The molecule has 2 aliphatic rings. The number of primary amides is 1. The number of rotatable bonds is 8. The number of hydrogen-bond acceptors (Lipinski definition) is 6. The maximum absolute atomic E-state index is 14.4. The van der Waals surface area contributed by atoms with Crippen LogP contribution in [0.2, 0.25) is 5.02 Å². The lowest BCUT2D eigenvalue weighted by atomic mass is 9.97. The van der Waals surface area contributed by atoms with Gasteiger partial charge in [0.05, 0.1) is 16.1 Å². The van der Waals surface area contributed by atoms with Gasteiger partial charge in [0.2, 0.25) is 11.8 Å². The van der Waals surface area contributed by atoms with Crippen molar-refractivity contribution in [3.05, 3.63) is 88.6 Å². The van der Waals surface area contributed by atoms with Crippen LogP contribution in [-0.4, -0.2) is 55.4 Å². The van der Waals surface area contributed by atoms with Crippen molar-refractivity contribution in [3.63, 3.8) is 0 Å². The Morgan fingerprint density at radius 2 is 1.93 bits per heavy atom. The third-order valence-electron chi connectivity index (χ3n) is 8.08. The zero-order valence-corrected chi connectivity index (χ0v) is 23.6. The molecular weight excluding hydrogens is 577 g/mol. The molecule has 0 radical (unpaired) electrons. The Morgan fingerprint density at radius 3 is 2.70 bits per heavy atom. The van der Waals surface area contributed by atoms with E-state index in [-0.39, 0.29) is 59.1 Å². The highest BCUT2D eigenvalue weighted by molar-refractivity contribution is 6.30. The summed E-state index contributed by atoms with van der Waals surface area (Å²) < 4.78 is 15.7. The van der Waals surface area contributed by atoms with Gasteiger partial charge in [-0.15, -0.1) is 0 Å². The predicted molar refractivity (Wildman–Crippen MR) is 155 cm³/mol. The number of anilines is 1. The van der Waals surface area contributed by atoms with E-state index in [2.05, 4.69) is 20.7 Å². The van der Waals surface area contributed by atoms with Crippen LogP contribution in [0.25, 0.3) is 10.9 Å². The Balaban J connectivity index is 1.21. The number of benzene rings is 2. The zero-order valence-electron chi connectivity index (χ0n) is 22.8. The van der Waals surface area contributed by atoms with E-state index < -0.39 is 17.8 Å². The number of nitrogens with one attached hydrogen (secondary N) is 2. The summed E-state index contributed by atoms with van der Waals surface area (Å²) in [5.74, 6) is -2.49. The molecule has 13 heteroatoms. The Labute approximate surface area is 250 Å². The molecule has 11 nitrogen and oxygen atoms in total. The van der Waals surface area contributed by atoms with Crippen LogP contribution in [0.1, 0.15) is 45.7 Å². The standard InChI is InChI=1S/C30H27ClFN7O4/c31-22-5-1-3-17(25(22)32)14-35-30(43)27-16-6-8-20(11-16)39(27)24(40)15-38-23-9-7-19(12-21(23)26(37-38)28(33)41)36-29(42)18-4-2-10-34-13-18/h1-5,7,9-10,12-13,16,20,27H,6,8,11,14-15H2,(H2,33,41)(H,35,43)(H,36,42)/t16-,20-,27-/m0/s1. The largest absolute Gasteiger partial charge is 0.364 e. The Bertz CT molecular complexity index is 1760. The monoisotopic (exact) mass is 603 g/mol. The molecule has 1 saturated heterocycles. The van der Waals surface area contributed by atoms with Gasteiger partial charge in [0, 0.05) is 41.6 Å². The van der Waals surface area contributed by atoms with Crippen LogP contribution in [0, 0.1) is 11.7 Å². The predicted octanol–water partition coefficient (Wildman–Crippen LogP) is 3.27. The molecule has 43 heavy (non-hydrogen) atoms. The van der Waals surface area contributed by atoms with Gasteiger partial charge in [0.25, 0.3) is 11.8 Å². The summed E-state index contributed by atoms with van der Waals surface area (Å²) in [5, 5.41) is 10.2. The summed E-state index contributed by atoms with van der Waals surface area (Å²) in [6.07, 6.45) is 5.27. The van der Waals surface area contributed by atoms with Crippen LogP contribution in [0.3, 0.4) is 0 Å². The van der Waals surface area contributed by atoms with Gasteiger partial charge >= 0.3 is 0 Å². The second-order valence-corrected chi connectivity index (χ2v) is 11.1. The van der Waals surface area contributed by atoms with E-state index >= 15 is 0 Å². The number of aromatic nitrogens is 3. The molecule has 2 fully saturated rings. The zero-order chi connectivity index (χ0) is 30.2. The number of carbonyl (C=O) groups is 4. The second-order valence-electron chi connectivity index (χ2n) is 10.7. The molecule has 1 aliphatic carbocycles. The minimum Gasteiger partial charge on any atom is -0.364 e. The van der Waals surface area contributed by atoms with E-state index in [0.29, 0.717) is 28.6 Å². The van der Waals surface area contributed by atoms with Crippen molar-refractivity contribution >= 4 is 51.8 Å². The first kappa shape index (κ1) is 28.3. The summed E-state index contributed by atoms with van der Waals surface area (Å²) in [6.45, 7) is -0.298. The molecule has 3 atom stereocenters. The highest BCUT2D eigenvalue weighted by atomic mass is 35.5. The first-order valence-corrected chi connectivity index (χ1v) is 14.1. The molecule has 1 aliphatic heterocycles. The van der Waals surface area contributed by atoms with Crippen LogP contribution >= 0.6 is 11.6 Å². The van der Waals surface area contributed by atoms with Gasteiger partial charge in [-0.25, -0.2) is 4.39 Å². The van der Waals surface area contributed by atoms with E-state index in [1.54, 1.807) is 53.6 Å². The molecule has 4 amide bonds. The molecule has 3 heterocycles. The lowest BCUT2D eigenvalue weighted by Gasteiger charge is -2.34. The second kappa shape index (κ2) is 11.4. The van der Waals surface area contributed by atoms with Gasteiger partial charge in [-0.1, -0.05) is 23.7 Å². The van der Waals surface area contributed by atoms with Crippen molar-refractivity contribution < 1.29 is 23.6 Å². The number of nitrogens with zero attached hydrogens (tertiary/aromatic N) is 4. The number of carbonyl (C=O) groups excluding carboxylic acids is 4. The molecule has 0 spiro atoms. The van der Waals surface area contributed by atoms with Crippen molar-refractivity contribution in [1.82, 2.24) is 25.0 Å². The van der Waals surface area contributed by atoms with E-state index in [0.717, 1.165) is 12.8 Å². The van der Waals surface area contributed by atoms with Crippen LogP contribution in [-0.2, 0) is 22.7 Å². The number of pyridine rings is 1. The lowest BCUT2D eigenvalue weighted by molar-refractivity contribution is -0.143. The van der Waals surface area contributed by atoms with E-state index in [9.17, 15) is 23.6 Å². The average Bonchev–Trinajstić information content (AvgIpc) is 3.72. The molecule has 4 aromatic rings.